The van der Waals surface area contributed by atoms with Crippen molar-refractivity contribution in [1.82, 2.24) is 0 Å². The zero-order chi connectivity index (χ0) is 37.4. The minimum absolute atomic E-state index is 0.00666. The third-order valence-electron chi connectivity index (χ3n) is 9.14. The zero-order valence-corrected chi connectivity index (χ0v) is 28.9. The Bertz CT molecular complexity index is 2090. The maximum absolute atomic E-state index is 13.5. The summed E-state index contributed by atoms with van der Waals surface area (Å²) in [6.07, 6.45) is -6.59. The highest BCUT2D eigenvalue weighted by Gasteiger charge is 2.43. The van der Waals surface area contributed by atoms with E-state index in [9.17, 15) is 34.8 Å². The molecule has 51 heavy (non-hydrogen) atoms. The molecular formula is C39H38O12. The predicted molar refractivity (Wildman–Crippen MR) is 184 cm³/mol. The van der Waals surface area contributed by atoms with Crippen LogP contribution in [0, 0.1) is 0 Å². The molecule has 0 aromatic heterocycles. The number of phenolic OH excluding ortho intramolecular Hbond substituents is 1. The van der Waals surface area contributed by atoms with Gasteiger partial charge in [-0.15, -0.1) is 0 Å². The van der Waals surface area contributed by atoms with Gasteiger partial charge in [0, 0.05) is 28.8 Å². The first-order valence-corrected chi connectivity index (χ1v) is 16.1. The number of aliphatic hydroxyl groups is 3. The molecule has 3 aromatic carbocycles. The number of hydrogen-bond donors (Lipinski definition) is 4. The molecule has 0 amide bonds. The Morgan fingerprint density at radius 2 is 0.980 bits per heavy atom. The van der Waals surface area contributed by atoms with Crippen molar-refractivity contribution in [3.63, 3.8) is 0 Å². The summed E-state index contributed by atoms with van der Waals surface area (Å²) in [4.78, 5) is 39.6. The van der Waals surface area contributed by atoms with Gasteiger partial charge in [0.1, 0.15) is 59.6 Å². The SMILES string of the molecule is C=C(C)[C@@H]1Oc2ccc(Oc3cc4c(c(C(C)=O)c3Oc3cc5c(c(C(C)=O)c3O)[C@@H](O)[C@H](C(=C)C)O5)[C@@H](O)[C@H](C(=C)C)O4)c(C(C)=O)c2[C@H]1O. The standard InChI is InChI=1S/C39H38O12/c1-14(2)36-33(44)29-21(48-36)11-10-20(26(29)17(7)40)47-25-13-23-31(35(46)38(50-23)16(5)6)28(19(9)42)39(25)51-24-12-22-30(27(18(8)41)32(24)43)34(45)37(49-22)15(3)4/h10-13,33-38,43-46H,1,3,5H2,2,4,6-9H3/t33-,34-,35-,36+,37+,38+/m1/s1. The number of carbonyl (C=O) groups excluding carboxylic acids is 3. The lowest BCUT2D eigenvalue weighted by Gasteiger charge is -2.21. The van der Waals surface area contributed by atoms with Crippen LogP contribution in [-0.2, 0) is 0 Å². The van der Waals surface area contributed by atoms with E-state index in [4.69, 9.17) is 23.7 Å². The van der Waals surface area contributed by atoms with E-state index < -0.39 is 59.7 Å². The largest absolute Gasteiger partial charge is 0.504 e. The lowest BCUT2D eigenvalue weighted by atomic mass is 9.93. The second-order valence-electron chi connectivity index (χ2n) is 13.2. The molecular weight excluding hydrogens is 660 g/mol. The van der Waals surface area contributed by atoms with Crippen molar-refractivity contribution in [3.8, 4) is 46.0 Å². The summed E-state index contributed by atoms with van der Waals surface area (Å²) in [5, 5.41) is 45.0. The van der Waals surface area contributed by atoms with Crippen LogP contribution >= 0.6 is 0 Å². The average molecular weight is 699 g/mol. The van der Waals surface area contributed by atoms with Crippen LogP contribution in [-0.4, -0.2) is 56.1 Å². The fourth-order valence-corrected chi connectivity index (χ4v) is 6.83. The van der Waals surface area contributed by atoms with E-state index >= 15 is 0 Å². The van der Waals surface area contributed by atoms with E-state index in [1.165, 1.54) is 45.0 Å². The van der Waals surface area contributed by atoms with E-state index in [-0.39, 0.29) is 73.6 Å². The van der Waals surface area contributed by atoms with Crippen LogP contribution in [0.5, 0.6) is 46.0 Å². The van der Waals surface area contributed by atoms with Gasteiger partial charge in [-0.3, -0.25) is 14.4 Å². The Labute approximate surface area is 293 Å². The Morgan fingerprint density at radius 1 is 0.569 bits per heavy atom. The number of ketones is 3. The molecule has 6 atom stereocenters. The van der Waals surface area contributed by atoms with Gasteiger partial charge in [-0.25, -0.2) is 0 Å². The van der Waals surface area contributed by atoms with Gasteiger partial charge in [0.15, 0.2) is 40.3 Å². The second kappa shape index (κ2) is 12.7. The van der Waals surface area contributed by atoms with Crippen molar-refractivity contribution in [3.05, 3.63) is 94.1 Å². The molecule has 12 heteroatoms. The first-order chi connectivity index (χ1) is 23.9. The number of phenols is 1. The molecule has 0 unspecified atom stereocenters. The second-order valence-corrected chi connectivity index (χ2v) is 13.2. The molecule has 0 spiro atoms. The predicted octanol–water partition coefficient (Wildman–Crippen LogP) is 6.70. The summed E-state index contributed by atoms with van der Waals surface area (Å²) in [5.74, 6) is -2.85. The molecule has 0 fully saturated rings. The van der Waals surface area contributed by atoms with Crippen LogP contribution in [0.25, 0.3) is 0 Å². The molecule has 3 aliphatic rings. The van der Waals surface area contributed by atoms with Crippen LogP contribution in [0.2, 0.25) is 0 Å². The van der Waals surface area contributed by atoms with E-state index in [2.05, 4.69) is 19.7 Å². The van der Waals surface area contributed by atoms with Gasteiger partial charge in [0.2, 0.25) is 0 Å². The van der Waals surface area contributed by atoms with Crippen molar-refractivity contribution < 1.29 is 58.5 Å². The van der Waals surface area contributed by atoms with E-state index in [1.54, 1.807) is 20.8 Å². The Balaban J connectivity index is 1.58. The van der Waals surface area contributed by atoms with E-state index in [0.29, 0.717) is 16.7 Å². The van der Waals surface area contributed by atoms with Gasteiger partial charge >= 0.3 is 0 Å². The number of rotatable bonds is 10. The number of aromatic hydroxyl groups is 1. The Morgan fingerprint density at radius 3 is 1.43 bits per heavy atom. The molecule has 0 saturated carbocycles. The molecule has 0 bridgehead atoms. The Kier molecular flexibility index (Phi) is 8.83. The van der Waals surface area contributed by atoms with E-state index in [0.717, 1.165) is 0 Å². The summed E-state index contributed by atoms with van der Waals surface area (Å²) >= 11 is 0. The molecule has 4 N–H and O–H groups in total. The minimum Gasteiger partial charge on any atom is -0.504 e. The van der Waals surface area contributed by atoms with Crippen LogP contribution in [0.1, 0.15) is 108 Å². The lowest BCUT2D eigenvalue weighted by Crippen LogP contribution is -2.20. The smallest absolute Gasteiger partial charge is 0.181 e. The molecule has 0 radical (unpaired) electrons. The van der Waals surface area contributed by atoms with Gasteiger partial charge in [0.05, 0.1) is 16.7 Å². The molecule has 12 nitrogen and oxygen atoms in total. The molecule has 266 valence electrons. The number of ether oxygens (including phenoxy) is 5. The number of fused-ring (bicyclic) bond motifs is 3. The van der Waals surface area contributed by atoms with Crippen LogP contribution in [0.4, 0.5) is 0 Å². The molecule has 3 aliphatic heterocycles. The summed E-state index contributed by atoms with van der Waals surface area (Å²) in [6.45, 7) is 20.3. The van der Waals surface area contributed by atoms with Gasteiger partial charge in [-0.05, 0) is 70.4 Å². The Hall–Kier alpha value is -5.43. The van der Waals surface area contributed by atoms with Crippen LogP contribution in [0.15, 0.2) is 60.7 Å². The maximum atomic E-state index is 13.5. The molecule has 0 saturated heterocycles. The number of Topliss-reactive ketones (excluding diaryl/α,β-unsaturated/α-hetero) is 3. The minimum atomic E-state index is -1.36. The normalized spacial score (nSPS) is 22.5. The number of hydrogen-bond acceptors (Lipinski definition) is 12. The summed E-state index contributed by atoms with van der Waals surface area (Å²) in [5.41, 5.74) is 1.29. The van der Waals surface area contributed by atoms with Crippen molar-refractivity contribution in [2.45, 2.75) is 78.2 Å². The quantitative estimate of drug-likeness (QED) is 0.130. The van der Waals surface area contributed by atoms with Crippen molar-refractivity contribution in [1.29, 1.82) is 0 Å². The highest BCUT2D eigenvalue weighted by Crippen LogP contribution is 2.55. The van der Waals surface area contributed by atoms with Crippen molar-refractivity contribution in [2.24, 2.45) is 0 Å². The summed E-state index contributed by atoms with van der Waals surface area (Å²) < 4.78 is 30.5. The van der Waals surface area contributed by atoms with Crippen LogP contribution < -0.4 is 23.7 Å². The highest BCUT2D eigenvalue weighted by atomic mass is 16.5. The van der Waals surface area contributed by atoms with Crippen molar-refractivity contribution >= 4 is 17.3 Å². The molecule has 0 aliphatic carbocycles. The van der Waals surface area contributed by atoms with Gasteiger partial charge < -0.3 is 44.1 Å². The third kappa shape index (κ3) is 5.65. The third-order valence-corrected chi connectivity index (χ3v) is 9.14. The number of benzene rings is 3. The highest BCUT2D eigenvalue weighted by molar-refractivity contribution is 6.02. The maximum Gasteiger partial charge on any atom is 0.181 e. The summed E-state index contributed by atoms with van der Waals surface area (Å²) in [6, 6.07) is 5.59. The average Bonchev–Trinajstić information content (AvgIpc) is 3.67. The molecule has 3 aromatic rings. The number of carbonyl (C=O) groups is 3. The van der Waals surface area contributed by atoms with Crippen LogP contribution in [0.3, 0.4) is 0 Å². The zero-order valence-electron chi connectivity index (χ0n) is 28.9. The molecule has 6 rings (SSSR count). The molecule has 3 heterocycles. The fourth-order valence-electron chi connectivity index (χ4n) is 6.83. The van der Waals surface area contributed by atoms with Crippen molar-refractivity contribution in [2.75, 3.05) is 0 Å². The van der Waals surface area contributed by atoms with Gasteiger partial charge in [-0.2, -0.15) is 0 Å². The monoisotopic (exact) mass is 698 g/mol. The lowest BCUT2D eigenvalue weighted by molar-refractivity contribution is 0.0880. The first-order valence-electron chi connectivity index (χ1n) is 16.1. The topological polar surface area (TPSA) is 178 Å². The van der Waals surface area contributed by atoms with Gasteiger partial charge in [-0.1, -0.05) is 19.7 Å². The van der Waals surface area contributed by atoms with E-state index in [1.807, 2.05) is 0 Å². The van der Waals surface area contributed by atoms with Gasteiger partial charge in [0.25, 0.3) is 0 Å². The number of aliphatic hydroxyl groups excluding tert-OH is 3. The summed E-state index contributed by atoms with van der Waals surface area (Å²) in [7, 11) is 0. The fraction of sp³-hybridized carbons (Fsp3) is 0.308. The first kappa shape index (κ1) is 35.4.